The Hall–Kier alpha value is -2.29. The van der Waals surface area contributed by atoms with Crippen LogP contribution in [-0.4, -0.2) is 46.5 Å². The van der Waals surface area contributed by atoms with Crippen molar-refractivity contribution < 1.29 is 31.0 Å². The molecule has 0 spiro atoms. The summed E-state index contributed by atoms with van der Waals surface area (Å²) in [4.78, 5) is -2.81. The van der Waals surface area contributed by atoms with E-state index in [-0.39, 0.29) is 26.6 Å². The molecule has 0 saturated heterocycles. The van der Waals surface area contributed by atoms with Gasteiger partial charge in [0.25, 0.3) is 20.2 Å². The minimum absolute atomic E-state index is 0.0710. The first-order chi connectivity index (χ1) is 12.9. The summed E-state index contributed by atoms with van der Waals surface area (Å²) in [5.41, 5.74) is -0.615. The maximum Gasteiger partial charge on any atom is 0.299 e. The fourth-order valence-corrected chi connectivity index (χ4v) is 4.97. The third kappa shape index (κ3) is 3.55. The second-order valence-corrected chi connectivity index (χ2v) is 8.75. The van der Waals surface area contributed by atoms with Crippen molar-refractivity contribution in [1.82, 2.24) is 15.4 Å². The summed E-state index contributed by atoms with van der Waals surface area (Å²) in [6.07, 6.45) is 1.18. The molecule has 0 aliphatic rings. The van der Waals surface area contributed by atoms with Gasteiger partial charge in [-0.3, -0.25) is 9.11 Å². The Balaban J connectivity index is 2.63. The topological polar surface area (TPSA) is 180 Å². The monoisotopic (exact) mass is 466 g/mol. The number of fused-ring (bicyclic) bond motifs is 1. The highest BCUT2D eigenvalue weighted by molar-refractivity contribution is 7.89. The van der Waals surface area contributed by atoms with E-state index in [1.165, 1.54) is 18.3 Å². The Kier molecular flexibility index (Phi) is 5.07. The number of rotatable bonds is 4. The van der Waals surface area contributed by atoms with Crippen molar-refractivity contribution in [1.29, 1.82) is 0 Å². The molecule has 28 heavy (non-hydrogen) atoms. The number of nitrogens with one attached hydrogen (secondary N) is 1. The van der Waals surface area contributed by atoms with Gasteiger partial charge in [0.15, 0.2) is 10.7 Å². The van der Waals surface area contributed by atoms with Crippen LogP contribution in [0.25, 0.3) is 10.8 Å². The van der Waals surface area contributed by atoms with Crippen molar-refractivity contribution in [3.05, 3.63) is 34.4 Å². The van der Waals surface area contributed by atoms with Crippen molar-refractivity contribution in [2.45, 2.75) is 9.79 Å². The van der Waals surface area contributed by atoms with Gasteiger partial charge < -0.3 is 10.4 Å². The van der Waals surface area contributed by atoms with Crippen LogP contribution in [0.2, 0.25) is 10.0 Å². The van der Waals surface area contributed by atoms with Gasteiger partial charge in [-0.2, -0.15) is 16.8 Å². The summed E-state index contributed by atoms with van der Waals surface area (Å²) in [5, 5.41) is 22.3. The van der Waals surface area contributed by atoms with E-state index < -0.39 is 41.5 Å². The number of aromatic nitrogens is 3. The fraction of sp³-hybridized carbons (Fsp3) is 0. The van der Waals surface area contributed by atoms with Crippen molar-refractivity contribution in [3.63, 3.8) is 0 Å². The molecule has 1 aromatic heterocycles. The van der Waals surface area contributed by atoms with Crippen LogP contribution in [0.15, 0.2) is 34.2 Å². The molecule has 0 aliphatic carbocycles. The predicted molar refractivity (Wildman–Crippen MR) is 98.4 cm³/mol. The second-order valence-electron chi connectivity index (χ2n) is 5.25. The molecule has 2 aromatic carbocycles. The molecule has 1 heterocycles. The minimum Gasteiger partial charge on any atom is -0.506 e. The Morgan fingerprint density at radius 2 is 1.61 bits per heavy atom. The number of benzene rings is 2. The number of aromatic hydroxyl groups is 1. The van der Waals surface area contributed by atoms with Crippen LogP contribution in [0.3, 0.4) is 0 Å². The fourth-order valence-electron chi connectivity index (χ4n) is 2.49. The van der Waals surface area contributed by atoms with Gasteiger partial charge in [0, 0.05) is 16.8 Å². The molecule has 3 aromatic rings. The number of halogens is 2. The minimum atomic E-state index is -5.34. The zero-order chi connectivity index (χ0) is 20.9. The molecule has 4 N–H and O–H groups in total. The molecule has 0 radical (unpaired) electrons. The van der Waals surface area contributed by atoms with Crippen LogP contribution in [0.5, 0.6) is 5.75 Å². The van der Waals surface area contributed by atoms with E-state index in [1.54, 1.807) is 0 Å². The predicted octanol–water partition coefficient (Wildman–Crippen LogP) is 2.27. The summed E-state index contributed by atoms with van der Waals surface area (Å²) < 4.78 is 66.8. The Morgan fingerprint density at radius 1 is 0.964 bits per heavy atom. The highest BCUT2D eigenvalue weighted by Crippen LogP contribution is 2.48. The van der Waals surface area contributed by atoms with Gasteiger partial charge in [-0.15, -0.1) is 10.2 Å². The maximum atomic E-state index is 12.0. The summed E-state index contributed by atoms with van der Waals surface area (Å²) in [6, 6.07) is 3.60. The molecule has 15 heteroatoms. The highest BCUT2D eigenvalue weighted by Gasteiger charge is 2.35. The summed E-state index contributed by atoms with van der Waals surface area (Å²) >= 11 is 12.1. The van der Waals surface area contributed by atoms with Crippen molar-refractivity contribution in [3.8, 4) is 5.75 Å². The number of phenolic OH excluding ortho intramolecular Hbond substituents is 1. The van der Waals surface area contributed by atoms with Crippen molar-refractivity contribution in [2.24, 2.45) is 0 Å². The molecule has 0 saturated carbocycles. The lowest BCUT2D eigenvalue weighted by Gasteiger charge is -2.18. The van der Waals surface area contributed by atoms with E-state index in [4.69, 9.17) is 23.2 Å². The molecular formula is C13H8Cl2N4O7S2. The number of hydrogen-bond donors (Lipinski definition) is 4. The number of nitrogens with zero attached hydrogens (tertiary/aromatic N) is 3. The molecule has 0 amide bonds. The highest BCUT2D eigenvalue weighted by atomic mass is 35.5. The van der Waals surface area contributed by atoms with Gasteiger partial charge in [-0.05, 0) is 17.3 Å². The van der Waals surface area contributed by atoms with E-state index in [2.05, 4.69) is 20.7 Å². The number of anilines is 2. The molecule has 3 rings (SSSR count). The first-order valence-electron chi connectivity index (χ1n) is 6.96. The Morgan fingerprint density at radius 3 is 2.14 bits per heavy atom. The average molecular weight is 467 g/mol. The molecule has 0 unspecified atom stereocenters. The smallest absolute Gasteiger partial charge is 0.299 e. The van der Waals surface area contributed by atoms with Crippen molar-refractivity contribution in [2.75, 3.05) is 5.32 Å². The van der Waals surface area contributed by atoms with Gasteiger partial charge in [0.2, 0.25) is 0 Å². The van der Waals surface area contributed by atoms with Gasteiger partial charge in [-0.25, -0.2) is 0 Å². The quantitative estimate of drug-likeness (QED) is 0.327. The lowest BCUT2D eigenvalue weighted by atomic mass is 10.1. The molecular weight excluding hydrogens is 459 g/mol. The van der Waals surface area contributed by atoms with E-state index in [9.17, 15) is 31.0 Å². The molecule has 0 fully saturated rings. The first kappa shape index (κ1) is 20.4. The van der Waals surface area contributed by atoms with E-state index in [1.807, 2.05) is 0 Å². The Labute approximate surface area is 167 Å². The second kappa shape index (κ2) is 6.95. The van der Waals surface area contributed by atoms with Gasteiger partial charge in [-0.1, -0.05) is 23.2 Å². The van der Waals surface area contributed by atoms with Crippen LogP contribution in [0.1, 0.15) is 0 Å². The van der Waals surface area contributed by atoms with Crippen LogP contribution < -0.4 is 5.32 Å². The molecule has 0 bridgehead atoms. The Bertz CT molecular complexity index is 1320. The number of phenols is 1. The van der Waals surface area contributed by atoms with E-state index in [0.717, 1.165) is 6.07 Å². The lowest BCUT2D eigenvalue weighted by molar-refractivity contribution is 0.436. The van der Waals surface area contributed by atoms with Crippen molar-refractivity contribution >= 4 is 65.7 Å². The van der Waals surface area contributed by atoms with Gasteiger partial charge in [0.1, 0.15) is 10.6 Å². The standard InChI is InChI=1S/C13H8Cl2N4O7S2/c14-6-2-1-5-8(9(6)15)10(17-7-3-4-16-19-18-7)12(27(21,22)23)13(11(5)20)28(24,25)26/h1-4,20H,(H,16,17,18)(H,21,22,23)(H,24,25,26). The zero-order valence-electron chi connectivity index (χ0n) is 13.2. The molecule has 0 atom stereocenters. The average Bonchev–Trinajstić information content (AvgIpc) is 2.58. The number of hydrogen-bond acceptors (Lipinski definition) is 9. The maximum absolute atomic E-state index is 12.0. The SMILES string of the molecule is O=S(=O)(O)c1c(S(=O)(=O)O)c(Nc2ccnnn2)c2c(Cl)c(Cl)ccc2c1O. The molecule has 11 nitrogen and oxygen atoms in total. The summed E-state index contributed by atoms with van der Waals surface area (Å²) in [6.45, 7) is 0. The third-order valence-electron chi connectivity index (χ3n) is 3.52. The van der Waals surface area contributed by atoms with Crippen LogP contribution in [-0.2, 0) is 20.2 Å². The van der Waals surface area contributed by atoms with E-state index in [0.29, 0.717) is 0 Å². The normalized spacial score (nSPS) is 12.3. The first-order valence-corrected chi connectivity index (χ1v) is 10.6. The van der Waals surface area contributed by atoms with Crippen LogP contribution >= 0.6 is 23.2 Å². The zero-order valence-corrected chi connectivity index (χ0v) is 16.3. The summed E-state index contributed by atoms with van der Waals surface area (Å²) in [5.74, 6) is -1.28. The van der Waals surface area contributed by atoms with E-state index >= 15 is 0 Å². The van der Waals surface area contributed by atoms with Crippen LogP contribution in [0, 0.1) is 0 Å². The third-order valence-corrected chi connectivity index (χ3v) is 6.29. The largest absolute Gasteiger partial charge is 0.506 e. The lowest BCUT2D eigenvalue weighted by Crippen LogP contribution is -2.13. The summed E-state index contributed by atoms with van der Waals surface area (Å²) in [7, 11) is -10.7. The van der Waals surface area contributed by atoms with Gasteiger partial charge in [0.05, 0.1) is 21.9 Å². The molecule has 0 aliphatic heterocycles. The molecule has 148 valence electrons. The van der Waals surface area contributed by atoms with Crippen LogP contribution in [0.4, 0.5) is 11.5 Å². The van der Waals surface area contributed by atoms with Gasteiger partial charge >= 0.3 is 0 Å².